The molecule has 1 aliphatic rings. The van der Waals surface area contributed by atoms with Gasteiger partial charge >= 0.3 is 0 Å². The van der Waals surface area contributed by atoms with E-state index in [1.165, 1.54) is 0 Å². The van der Waals surface area contributed by atoms with E-state index in [2.05, 4.69) is 4.90 Å². The van der Waals surface area contributed by atoms with Gasteiger partial charge in [0.2, 0.25) is 5.91 Å². The molecule has 0 bridgehead atoms. The molecule has 1 amide bonds. The van der Waals surface area contributed by atoms with E-state index in [9.17, 15) is 9.90 Å². The van der Waals surface area contributed by atoms with Crippen molar-refractivity contribution in [1.29, 1.82) is 0 Å². The molecule has 21 heavy (non-hydrogen) atoms. The summed E-state index contributed by atoms with van der Waals surface area (Å²) < 4.78 is 0. The number of thiocarbonyl (C=S) groups is 1. The largest absolute Gasteiger partial charge is 0.389 e. The number of rotatable bonds is 5. The Hall–Kier alpha value is -1.50. The lowest BCUT2D eigenvalue weighted by Gasteiger charge is -2.23. The van der Waals surface area contributed by atoms with Crippen LogP contribution in [0.3, 0.4) is 0 Å². The highest BCUT2D eigenvalue weighted by atomic mass is 32.1. The van der Waals surface area contributed by atoms with Gasteiger partial charge in [-0.1, -0.05) is 36.5 Å². The van der Waals surface area contributed by atoms with Crippen LogP contribution >= 0.6 is 12.2 Å². The lowest BCUT2D eigenvalue weighted by atomic mass is 9.89. The van der Waals surface area contributed by atoms with Gasteiger partial charge in [0, 0.05) is 18.7 Å². The van der Waals surface area contributed by atoms with Gasteiger partial charge in [-0.25, -0.2) is 0 Å². The number of amides is 1. The first-order valence-corrected chi connectivity index (χ1v) is 7.33. The van der Waals surface area contributed by atoms with Crippen LogP contribution in [-0.2, 0) is 4.79 Å². The Kier molecular flexibility index (Phi) is 4.61. The molecule has 2 unspecified atom stereocenters. The molecule has 1 heterocycles. The zero-order valence-corrected chi connectivity index (χ0v) is 12.9. The molecule has 1 fully saturated rings. The molecule has 0 saturated carbocycles. The number of likely N-dealkylation sites (tertiary alicyclic amines) is 1. The van der Waals surface area contributed by atoms with E-state index in [1.54, 1.807) is 12.1 Å². The summed E-state index contributed by atoms with van der Waals surface area (Å²) >= 11 is 4.90. The number of aliphatic hydroxyl groups excluding tert-OH is 1. The lowest BCUT2D eigenvalue weighted by molar-refractivity contribution is -0.126. The predicted octanol–water partition coefficient (Wildman–Crippen LogP) is 0.551. The minimum Gasteiger partial charge on any atom is -0.389 e. The predicted molar refractivity (Wildman–Crippen MR) is 85.6 cm³/mol. The molecule has 2 atom stereocenters. The van der Waals surface area contributed by atoms with E-state index in [1.807, 2.05) is 19.1 Å². The number of β-amino-alcohol motifs (C(OH)–C–C–N with tert-alkyl or cyclic N) is 1. The highest BCUT2D eigenvalue weighted by molar-refractivity contribution is 7.80. The molecule has 0 aromatic heterocycles. The number of carbonyl (C=O) groups is 1. The summed E-state index contributed by atoms with van der Waals surface area (Å²) in [5.41, 5.74) is 12.1. The Morgan fingerprint density at radius 1 is 1.43 bits per heavy atom. The zero-order valence-electron chi connectivity index (χ0n) is 12.1. The molecular formula is C15H21N3O2S. The van der Waals surface area contributed by atoms with Gasteiger partial charge < -0.3 is 16.6 Å². The minimum atomic E-state index is -0.611. The maximum Gasteiger partial charge on any atom is 0.224 e. The summed E-state index contributed by atoms with van der Waals surface area (Å²) in [7, 11) is 0. The second-order valence-corrected chi connectivity index (χ2v) is 6.35. The molecule has 0 spiro atoms. The molecule has 114 valence electrons. The van der Waals surface area contributed by atoms with Crippen LogP contribution in [0.25, 0.3) is 0 Å². The number of primary amides is 1. The monoisotopic (exact) mass is 307 g/mol. The minimum absolute atomic E-state index is 0.277. The van der Waals surface area contributed by atoms with Gasteiger partial charge in [0.1, 0.15) is 4.99 Å². The molecule has 6 heteroatoms. The van der Waals surface area contributed by atoms with Crippen molar-refractivity contribution in [3.05, 3.63) is 35.4 Å². The fourth-order valence-corrected chi connectivity index (χ4v) is 2.77. The van der Waals surface area contributed by atoms with Crippen LogP contribution in [0.4, 0.5) is 0 Å². The topological polar surface area (TPSA) is 92.6 Å². The molecule has 2 rings (SSSR count). The van der Waals surface area contributed by atoms with E-state index in [0.29, 0.717) is 18.1 Å². The molecule has 5 nitrogen and oxygen atoms in total. The summed E-state index contributed by atoms with van der Waals surface area (Å²) in [4.78, 5) is 13.8. The smallest absolute Gasteiger partial charge is 0.224 e. The van der Waals surface area contributed by atoms with Gasteiger partial charge in [-0.15, -0.1) is 0 Å². The quantitative estimate of drug-likeness (QED) is 0.691. The normalized spacial score (nSPS) is 23.9. The summed E-state index contributed by atoms with van der Waals surface area (Å²) in [6.07, 6.45) is 0.121. The third kappa shape index (κ3) is 3.58. The Morgan fingerprint density at radius 2 is 2.05 bits per heavy atom. The number of hydrogen-bond donors (Lipinski definition) is 3. The van der Waals surface area contributed by atoms with Crippen molar-refractivity contribution >= 4 is 23.1 Å². The molecule has 1 aliphatic heterocycles. The van der Waals surface area contributed by atoms with Crippen LogP contribution in [-0.4, -0.2) is 40.5 Å². The van der Waals surface area contributed by atoms with Crippen LogP contribution in [0.15, 0.2) is 24.3 Å². The summed E-state index contributed by atoms with van der Waals surface area (Å²) in [6.45, 7) is 3.71. The number of benzene rings is 1. The SMILES string of the molecule is CC1(C(N)=O)CCN(CC(O)c2ccc(C(N)=S)cc2)C1. The average molecular weight is 307 g/mol. The maximum atomic E-state index is 11.4. The first-order valence-electron chi connectivity index (χ1n) is 6.92. The van der Waals surface area contributed by atoms with Crippen molar-refractivity contribution in [2.45, 2.75) is 19.4 Å². The van der Waals surface area contributed by atoms with Crippen LogP contribution in [0.1, 0.15) is 30.6 Å². The van der Waals surface area contributed by atoms with Gasteiger partial charge in [-0.05, 0) is 25.5 Å². The maximum absolute atomic E-state index is 11.4. The van der Waals surface area contributed by atoms with E-state index in [4.69, 9.17) is 23.7 Å². The standard InChI is InChI=1S/C15H21N3O2S/c1-15(14(17)20)6-7-18(9-15)8-12(19)10-2-4-11(5-3-10)13(16)21/h2-5,12,19H,6-9H2,1H3,(H2,16,21)(H2,17,20). The molecular weight excluding hydrogens is 286 g/mol. The van der Waals surface area contributed by atoms with Gasteiger partial charge in [0.15, 0.2) is 0 Å². The fourth-order valence-electron chi connectivity index (χ4n) is 2.63. The number of aliphatic hydroxyl groups is 1. The molecule has 0 radical (unpaired) electrons. The van der Waals surface area contributed by atoms with Crippen molar-refractivity contribution in [2.24, 2.45) is 16.9 Å². The lowest BCUT2D eigenvalue weighted by Crippen LogP contribution is -2.37. The number of carbonyl (C=O) groups excluding carboxylic acids is 1. The van der Waals surface area contributed by atoms with Gasteiger partial charge in [0.05, 0.1) is 11.5 Å². The average Bonchev–Trinajstić information content (AvgIpc) is 2.81. The second kappa shape index (κ2) is 6.09. The summed E-state index contributed by atoms with van der Waals surface area (Å²) in [5, 5.41) is 10.3. The summed E-state index contributed by atoms with van der Waals surface area (Å²) in [5.74, 6) is -0.277. The highest BCUT2D eigenvalue weighted by Gasteiger charge is 2.39. The van der Waals surface area contributed by atoms with E-state index < -0.39 is 11.5 Å². The Bertz CT molecular complexity index is 546. The van der Waals surface area contributed by atoms with Crippen molar-refractivity contribution < 1.29 is 9.90 Å². The first-order chi connectivity index (χ1) is 9.82. The summed E-state index contributed by atoms with van der Waals surface area (Å²) in [6, 6.07) is 7.25. The Balaban J connectivity index is 1.97. The second-order valence-electron chi connectivity index (χ2n) is 5.91. The van der Waals surface area contributed by atoms with E-state index in [0.717, 1.165) is 24.1 Å². The van der Waals surface area contributed by atoms with Gasteiger partial charge in [-0.2, -0.15) is 0 Å². The van der Waals surface area contributed by atoms with Crippen molar-refractivity contribution in [2.75, 3.05) is 19.6 Å². The molecule has 1 saturated heterocycles. The van der Waals surface area contributed by atoms with Gasteiger partial charge in [0.25, 0.3) is 0 Å². The van der Waals surface area contributed by atoms with E-state index >= 15 is 0 Å². The molecule has 1 aromatic carbocycles. The van der Waals surface area contributed by atoms with Crippen LogP contribution in [0.5, 0.6) is 0 Å². The number of nitrogens with two attached hydrogens (primary N) is 2. The Morgan fingerprint density at radius 3 is 2.52 bits per heavy atom. The number of hydrogen-bond acceptors (Lipinski definition) is 4. The molecule has 1 aromatic rings. The molecule has 5 N–H and O–H groups in total. The Labute approximate surface area is 129 Å². The van der Waals surface area contributed by atoms with E-state index in [-0.39, 0.29) is 5.91 Å². The van der Waals surface area contributed by atoms with Crippen LogP contribution in [0.2, 0.25) is 0 Å². The van der Waals surface area contributed by atoms with Crippen molar-refractivity contribution in [3.8, 4) is 0 Å². The first kappa shape index (κ1) is 15.9. The number of nitrogens with zero attached hydrogens (tertiary/aromatic N) is 1. The van der Waals surface area contributed by atoms with Crippen molar-refractivity contribution in [1.82, 2.24) is 4.90 Å². The third-order valence-corrected chi connectivity index (χ3v) is 4.39. The van der Waals surface area contributed by atoms with Gasteiger partial charge in [-0.3, -0.25) is 9.69 Å². The van der Waals surface area contributed by atoms with Crippen LogP contribution in [0, 0.1) is 5.41 Å². The van der Waals surface area contributed by atoms with Crippen LogP contribution < -0.4 is 11.5 Å². The third-order valence-electron chi connectivity index (χ3n) is 4.16. The fraction of sp³-hybridized carbons (Fsp3) is 0.467. The zero-order chi connectivity index (χ0) is 15.6. The van der Waals surface area contributed by atoms with Crippen molar-refractivity contribution in [3.63, 3.8) is 0 Å². The highest BCUT2D eigenvalue weighted by Crippen LogP contribution is 2.30. The molecule has 0 aliphatic carbocycles.